The number of allylic oxidation sites excluding steroid dienone is 12. The standard InChI is InChI=1S/C55H95NO7/c1-6-8-10-12-14-16-18-20-22-24-26-27-28-30-32-34-36-38-40-42-44-46-54(58)63-51(49-61-48-47-52(55(59)60)56(3,4)5)50-62-53(57)45-43-41-39-37-35-33-31-29-25-23-21-19-17-15-13-11-9-7-2/h8,10,14,16,20,22,26-27,30,32,36,38,51-52H,6-7,9,11-13,15,17-19,21,23-25,28-29,31,33-35,37,39-50H2,1-5H3/p+1/b10-8+,16-14+,22-20+,27-26+,32-30+,38-36+. The zero-order chi connectivity index (χ0) is 46.3. The van der Waals surface area contributed by atoms with Gasteiger partial charge in [-0.2, -0.15) is 0 Å². The summed E-state index contributed by atoms with van der Waals surface area (Å²) in [5, 5.41) is 9.65. The molecule has 0 aromatic carbocycles. The van der Waals surface area contributed by atoms with Crippen molar-refractivity contribution in [2.75, 3.05) is 41.0 Å². The second-order valence-electron chi connectivity index (χ2n) is 18.1. The molecule has 0 spiro atoms. The van der Waals surface area contributed by atoms with Gasteiger partial charge in [0, 0.05) is 19.3 Å². The molecule has 2 unspecified atom stereocenters. The number of ether oxygens (including phenoxy) is 3. The molecule has 63 heavy (non-hydrogen) atoms. The molecule has 0 aromatic heterocycles. The fourth-order valence-corrected chi connectivity index (χ4v) is 7.21. The topological polar surface area (TPSA) is 99.1 Å². The Labute approximate surface area is 387 Å². The van der Waals surface area contributed by atoms with E-state index < -0.39 is 18.1 Å². The van der Waals surface area contributed by atoms with Gasteiger partial charge in [0.2, 0.25) is 0 Å². The van der Waals surface area contributed by atoms with Gasteiger partial charge in [0.1, 0.15) is 6.61 Å². The number of quaternary nitrogens is 1. The molecule has 0 aliphatic heterocycles. The molecule has 0 aromatic rings. The molecule has 0 heterocycles. The fraction of sp³-hybridized carbons (Fsp3) is 0.727. The summed E-state index contributed by atoms with van der Waals surface area (Å²) in [5.41, 5.74) is 0. The van der Waals surface area contributed by atoms with Crippen LogP contribution in [0.15, 0.2) is 72.9 Å². The van der Waals surface area contributed by atoms with E-state index in [2.05, 4.69) is 86.8 Å². The number of rotatable bonds is 45. The van der Waals surface area contributed by atoms with E-state index in [9.17, 15) is 19.5 Å². The van der Waals surface area contributed by atoms with Crippen LogP contribution >= 0.6 is 0 Å². The van der Waals surface area contributed by atoms with E-state index in [0.29, 0.717) is 19.3 Å². The Balaban J connectivity index is 4.34. The van der Waals surface area contributed by atoms with Crippen molar-refractivity contribution in [3.8, 4) is 0 Å². The van der Waals surface area contributed by atoms with Crippen LogP contribution < -0.4 is 0 Å². The van der Waals surface area contributed by atoms with Crippen LogP contribution in [0.25, 0.3) is 0 Å². The average Bonchev–Trinajstić information content (AvgIpc) is 3.24. The van der Waals surface area contributed by atoms with Crippen LogP contribution in [0.5, 0.6) is 0 Å². The van der Waals surface area contributed by atoms with Gasteiger partial charge in [-0.15, -0.1) is 0 Å². The first kappa shape index (κ1) is 59.8. The lowest BCUT2D eigenvalue weighted by molar-refractivity contribution is -0.887. The highest BCUT2D eigenvalue weighted by atomic mass is 16.6. The molecule has 0 aliphatic carbocycles. The highest BCUT2D eigenvalue weighted by molar-refractivity contribution is 5.72. The number of carboxylic acid groups (broad SMARTS) is 1. The maximum absolute atomic E-state index is 12.8. The lowest BCUT2D eigenvalue weighted by atomic mass is 10.0. The second kappa shape index (κ2) is 45.3. The van der Waals surface area contributed by atoms with Crippen molar-refractivity contribution in [3.05, 3.63) is 72.9 Å². The molecule has 0 radical (unpaired) electrons. The number of aliphatic carboxylic acids is 1. The third kappa shape index (κ3) is 43.8. The van der Waals surface area contributed by atoms with Crippen molar-refractivity contribution < 1.29 is 38.2 Å². The largest absolute Gasteiger partial charge is 0.477 e. The highest BCUT2D eigenvalue weighted by Crippen LogP contribution is 2.15. The van der Waals surface area contributed by atoms with Gasteiger partial charge in [-0.3, -0.25) is 9.59 Å². The number of esters is 2. The van der Waals surface area contributed by atoms with E-state index in [1.54, 1.807) is 0 Å². The molecule has 0 fully saturated rings. The summed E-state index contributed by atoms with van der Waals surface area (Å²) in [6, 6.07) is -0.626. The molecule has 0 saturated heterocycles. The van der Waals surface area contributed by atoms with Crippen molar-refractivity contribution in [1.29, 1.82) is 0 Å². The molecule has 0 bridgehead atoms. The third-order valence-electron chi connectivity index (χ3n) is 11.1. The Kier molecular flexibility index (Phi) is 43.0. The highest BCUT2D eigenvalue weighted by Gasteiger charge is 2.31. The van der Waals surface area contributed by atoms with Crippen molar-refractivity contribution in [3.63, 3.8) is 0 Å². The normalized spacial score (nSPS) is 13.5. The number of hydrogen-bond acceptors (Lipinski definition) is 6. The van der Waals surface area contributed by atoms with E-state index in [1.165, 1.54) is 96.3 Å². The van der Waals surface area contributed by atoms with Crippen LogP contribution in [-0.2, 0) is 28.6 Å². The van der Waals surface area contributed by atoms with E-state index >= 15 is 0 Å². The van der Waals surface area contributed by atoms with Crippen LogP contribution in [0.4, 0.5) is 0 Å². The van der Waals surface area contributed by atoms with Gasteiger partial charge in [0.25, 0.3) is 0 Å². The molecule has 8 nitrogen and oxygen atoms in total. The molecule has 362 valence electrons. The summed E-state index contributed by atoms with van der Waals surface area (Å²) in [4.78, 5) is 37.1. The van der Waals surface area contributed by atoms with E-state index in [1.807, 2.05) is 21.1 Å². The van der Waals surface area contributed by atoms with Crippen molar-refractivity contribution in [2.45, 2.75) is 219 Å². The number of carbonyl (C=O) groups is 3. The van der Waals surface area contributed by atoms with Crippen molar-refractivity contribution in [2.24, 2.45) is 0 Å². The molecular formula is C55H96NO7+. The first-order valence-electron chi connectivity index (χ1n) is 25.5. The maximum Gasteiger partial charge on any atom is 0.362 e. The van der Waals surface area contributed by atoms with Crippen molar-refractivity contribution in [1.82, 2.24) is 0 Å². The SMILES string of the molecule is CC/C=C/C/C=C/C/C=C/C/C=C/C/C=C/C/C=C/CCCCC(=O)OC(COCCC(C(=O)O)[N+](C)(C)C)COC(=O)CCCCCCCCCCCCCCCCCCCC. The number of likely N-dealkylation sites (N-methyl/N-ethyl adjacent to an activating group) is 1. The zero-order valence-corrected chi connectivity index (χ0v) is 41.3. The number of hydrogen-bond donors (Lipinski definition) is 1. The summed E-state index contributed by atoms with van der Waals surface area (Å²) in [7, 11) is 5.52. The summed E-state index contributed by atoms with van der Waals surface area (Å²) < 4.78 is 17.3. The second-order valence-corrected chi connectivity index (χ2v) is 18.1. The smallest absolute Gasteiger partial charge is 0.362 e. The predicted molar refractivity (Wildman–Crippen MR) is 266 cm³/mol. The van der Waals surface area contributed by atoms with Gasteiger partial charge in [0.15, 0.2) is 12.1 Å². The van der Waals surface area contributed by atoms with Gasteiger partial charge in [-0.1, -0.05) is 196 Å². The zero-order valence-electron chi connectivity index (χ0n) is 41.3. The average molecular weight is 883 g/mol. The van der Waals surface area contributed by atoms with E-state index in [0.717, 1.165) is 70.6 Å². The monoisotopic (exact) mass is 883 g/mol. The summed E-state index contributed by atoms with van der Waals surface area (Å²) in [6.07, 6.45) is 58.1. The maximum atomic E-state index is 12.8. The molecule has 1 N–H and O–H groups in total. The minimum atomic E-state index is -0.883. The molecule has 8 heteroatoms. The Bertz CT molecular complexity index is 1260. The number of unbranched alkanes of at least 4 members (excludes halogenated alkanes) is 19. The predicted octanol–water partition coefficient (Wildman–Crippen LogP) is 14.7. The number of nitrogens with zero attached hydrogens (tertiary/aromatic N) is 1. The van der Waals surface area contributed by atoms with Crippen LogP contribution in [0.1, 0.15) is 206 Å². The third-order valence-corrected chi connectivity index (χ3v) is 11.1. The summed E-state index contributed by atoms with van der Waals surface area (Å²) >= 11 is 0. The van der Waals surface area contributed by atoms with Gasteiger partial charge in [0.05, 0.1) is 34.4 Å². The van der Waals surface area contributed by atoms with E-state index in [4.69, 9.17) is 14.2 Å². The quantitative estimate of drug-likeness (QED) is 0.0281. The van der Waals surface area contributed by atoms with E-state index in [-0.39, 0.29) is 42.7 Å². The minimum Gasteiger partial charge on any atom is -0.477 e. The van der Waals surface area contributed by atoms with Crippen molar-refractivity contribution >= 4 is 17.9 Å². The Morgan fingerprint density at radius 2 is 0.889 bits per heavy atom. The lowest BCUT2D eigenvalue weighted by Crippen LogP contribution is -2.50. The summed E-state index contributed by atoms with van der Waals surface area (Å²) in [5.74, 6) is -1.52. The number of carbonyl (C=O) groups excluding carboxylic acids is 2. The lowest BCUT2D eigenvalue weighted by Gasteiger charge is -2.31. The molecule has 0 aliphatic rings. The first-order valence-corrected chi connectivity index (χ1v) is 25.5. The molecule has 2 atom stereocenters. The Morgan fingerprint density at radius 1 is 0.492 bits per heavy atom. The van der Waals surface area contributed by atoms with Crippen LogP contribution in [0, 0.1) is 0 Å². The van der Waals surface area contributed by atoms with Crippen LogP contribution in [-0.4, -0.2) is 80.6 Å². The number of carboxylic acids is 1. The Morgan fingerprint density at radius 3 is 1.32 bits per heavy atom. The first-order chi connectivity index (χ1) is 30.6. The fourth-order valence-electron chi connectivity index (χ4n) is 7.21. The van der Waals surface area contributed by atoms with Crippen LogP contribution in [0.3, 0.4) is 0 Å². The van der Waals surface area contributed by atoms with Crippen LogP contribution in [0.2, 0.25) is 0 Å². The molecule has 0 saturated carbocycles. The Hall–Kier alpha value is -3.23. The van der Waals surface area contributed by atoms with Gasteiger partial charge < -0.3 is 23.8 Å². The van der Waals surface area contributed by atoms with Gasteiger partial charge in [-0.05, 0) is 64.2 Å². The minimum absolute atomic E-state index is 0.0419. The molecule has 0 rings (SSSR count). The molecular weight excluding hydrogens is 787 g/mol. The summed E-state index contributed by atoms with van der Waals surface area (Å²) in [6.45, 7) is 4.59. The molecule has 0 amide bonds. The van der Waals surface area contributed by atoms with Gasteiger partial charge in [-0.25, -0.2) is 4.79 Å². The van der Waals surface area contributed by atoms with Gasteiger partial charge >= 0.3 is 17.9 Å².